The first-order valence-corrected chi connectivity index (χ1v) is 9.49. The van der Waals surface area contributed by atoms with E-state index in [0.29, 0.717) is 11.3 Å². The molecule has 0 aromatic heterocycles. The van der Waals surface area contributed by atoms with Gasteiger partial charge < -0.3 is 9.47 Å². The predicted octanol–water partition coefficient (Wildman–Crippen LogP) is 4.79. The van der Waals surface area contributed by atoms with E-state index >= 15 is 0 Å². The number of anilines is 1. The molecule has 1 aliphatic heterocycles. The third-order valence-corrected chi connectivity index (χ3v) is 5.12. The zero-order valence-electron chi connectivity index (χ0n) is 14.5. The van der Waals surface area contributed by atoms with Gasteiger partial charge in [-0.3, -0.25) is 9.59 Å². The van der Waals surface area contributed by atoms with Crippen LogP contribution in [0, 0.1) is 0 Å². The molecule has 3 rings (SSSR count). The van der Waals surface area contributed by atoms with E-state index in [1.54, 1.807) is 30.3 Å². The number of rotatable bonds is 5. The summed E-state index contributed by atoms with van der Waals surface area (Å²) in [4.78, 5) is 37.4. The van der Waals surface area contributed by atoms with E-state index in [2.05, 4.69) is 4.74 Å². The highest BCUT2D eigenvalue weighted by atomic mass is 35.5. The smallest absolute Gasteiger partial charge is 0.343 e. The van der Waals surface area contributed by atoms with Gasteiger partial charge in [0.05, 0.1) is 27.7 Å². The highest BCUT2D eigenvalue weighted by Gasteiger charge is 2.36. The zero-order valence-corrected chi connectivity index (χ0v) is 16.8. The number of benzene rings is 2. The molecule has 0 radical (unpaired) electrons. The number of hydrogen-bond acceptors (Lipinski definition) is 6. The maximum Gasteiger partial charge on any atom is 0.343 e. The Morgan fingerprint density at radius 2 is 1.79 bits per heavy atom. The van der Waals surface area contributed by atoms with Gasteiger partial charge in [0.2, 0.25) is 0 Å². The number of imide groups is 1. The maximum absolute atomic E-state index is 12.6. The van der Waals surface area contributed by atoms with Crippen molar-refractivity contribution in [3.63, 3.8) is 0 Å². The first kappa shape index (κ1) is 20.3. The third kappa shape index (κ3) is 4.32. The van der Waals surface area contributed by atoms with Crippen LogP contribution in [-0.2, 0) is 14.3 Å². The van der Waals surface area contributed by atoms with E-state index in [1.807, 2.05) is 0 Å². The molecule has 0 N–H and O–H groups in total. The molecule has 2 amide bonds. The minimum Gasteiger partial charge on any atom is -0.479 e. The largest absolute Gasteiger partial charge is 0.479 e. The summed E-state index contributed by atoms with van der Waals surface area (Å²) in [6.07, 6.45) is 1.52. The van der Waals surface area contributed by atoms with Crippen molar-refractivity contribution in [2.75, 3.05) is 18.6 Å². The molecule has 0 atom stereocenters. The Balaban J connectivity index is 1.85. The van der Waals surface area contributed by atoms with E-state index in [0.717, 1.165) is 16.7 Å². The molecule has 1 saturated heterocycles. The van der Waals surface area contributed by atoms with Crippen LogP contribution in [-0.4, -0.2) is 30.8 Å². The second kappa shape index (κ2) is 8.68. The number of amides is 2. The Morgan fingerprint density at radius 3 is 2.39 bits per heavy atom. The fourth-order valence-corrected chi connectivity index (χ4v) is 3.86. The fourth-order valence-electron chi connectivity index (χ4n) is 2.41. The molecule has 6 nitrogen and oxygen atoms in total. The molecule has 0 spiro atoms. The molecule has 28 heavy (non-hydrogen) atoms. The van der Waals surface area contributed by atoms with Crippen molar-refractivity contribution in [2.24, 2.45) is 0 Å². The number of carbonyl (C=O) groups is 3. The van der Waals surface area contributed by atoms with Crippen molar-refractivity contribution < 1.29 is 23.9 Å². The molecule has 144 valence electrons. The van der Waals surface area contributed by atoms with Crippen molar-refractivity contribution in [1.82, 2.24) is 0 Å². The number of para-hydroxylation sites is 1. The molecule has 1 fully saturated rings. The summed E-state index contributed by atoms with van der Waals surface area (Å²) in [6, 6.07) is 11.7. The van der Waals surface area contributed by atoms with E-state index < -0.39 is 17.1 Å². The molecule has 2 aromatic rings. The molecule has 0 bridgehead atoms. The topological polar surface area (TPSA) is 72.9 Å². The SMILES string of the molecule is COC(=O)COc1c(Cl)cc(C=C2SC(=O)N(c3ccccc3)C2=O)cc1Cl. The molecule has 1 aliphatic rings. The third-order valence-electron chi connectivity index (χ3n) is 3.69. The summed E-state index contributed by atoms with van der Waals surface area (Å²) < 4.78 is 9.76. The summed E-state index contributed by atoms with van der Waals surface area (Å²) >= 11 is 13.2. The van der Waals surface area contributed by atoms with Crippen LogP contribution >= 0.6 is 35.0 Å². The van der Waals surface area contributed by atoms with E-state index in [1.165, 1.54) is 25.3 Å². The summed E-state index contributed by atoms with van der Waals surface area (Å²) in [7, 11) is 1.24. The van der Waals surface area contributed by atoms with E-state index in [9.17, 15) is 14.4 Å². The van der Waals surface area contributed by atoms with Gasteiger partial charge in [0, 0.05) is 0 Å². The molecule has 2 aromatic carbocycles. The van der Waals surface area contributed by atoms with Gasteiger partial charge in [-0.25, -0.2) is 9.69 Å². The van der Waals surface area contributed by atoms with Crippen molar-refractivity contribution in [3.8, 4) is 5.75 Å². The van der Waals surface area contributed by atoms with Gasteiger partial charge in [0.25, 0.3) is 11.1 Å². The molecular weight excluding hydrogens is 425 g/mol. The summed E-state index contributed by atoms with van der Waals surface area (Å²) in [5.41, 5.74) is 1.01. The highest BCUT2D eigenvalue weighted by molar-refractivity contribution is 8.19. The van der Waals surface area contributed by atoms with Crippen LogP contribution in [0.15, 0.2) is 47.4 Å². The molecule has 0 saturated carbocycles. The van der Waals surface area contributed by atoms with Gasteiger partial charge in [0.15, 0.2) is 12.4 Å². The second-order valence-corrected chi connectivity index (χ2v) is 7.34. The van der Waals surface area contributed by atoms with Crippen LogP contribution in [0.3, 0.4) is 0 Å². The highest BCUT2D eigenvalue weighted by Crippen LogP contribution is 2.38. The predicted molar refractivity (Wildman–Crippen MR) is 109 cm³/mol. The lowest BCUT2D eigenvalue weighted by molar-refractivity contribution is -0.142. The van der Waals surface area contributed by atoms with Gasteiger partial charge in [0.1, 0.15) is 0 Å². The fraction of sp³-hybridized carbons (Fsp3) is 0.105. The Bertz CT molecular complexity index is 955. The Labute approximate surface area is 175 Å². The lowest BCUT2D eigenvalue weighted by atomic mass is 10.2. The normalized spacial score (nSPS) is 15.2. The second-order valence-electron chi connectivity index (χ2n) is 5.53. The number of hydrogen-bond donors (Lipinski definition) is 0. The van der Waals surface area contributed by atoms with Crippen LogP contribution < -0.4 is 9.64 Å². The van der Waals surface area contributed by atoms with Crippen molar-refractivity contribution >= 4 is 63.8 Å². The molecule has 0 unspecified atom stereocenters. The van der Waals surface area contributed by atoms with Crippen LogP contribution in [0.5, 0.6) is 5.75 Å². The van der Waals surface area contributed by atoms with E-state index in [-0.39, 0.29) is 27.3 Å². The van der Waals surface area contributed by atoms with E-state index in [4.69, 9.17) is 27.9 Å². The maximum atomic E-state index is 12.6. The lowest BCUT2D eigenvalue weighted by Crippen LogP contribution is -2.27. The molecule has 1 heterocycles. The first-order valence-electron chi connectivity index (χ1n) is 7.92. The standard InChI is InChI=1S/C19H13Cl2NO5S/c1-26-16(23)10-27-17-13(20)7-11(8-14(17)21)9-15-18(24)22(19(25)28-15)12-5-3-2-4-6-12/h2-9H,10H2,1H3. The minimum atomic E-state index is -0.578. The Morgan fingerprint density at radius 1 is 1.14 bits per heavy atom. The van der Waals surface area contributed by atoms with Gasteiger partial charge in [-0.15, -0.1) is 0 Å². The number of thioether (sulfide) groups is 1. The molecule has 9 heteroatoms. The Kier molecular flexibility index (Phi) is 6.28. The summed E-state index contributed by atoms with van der Waals surface area (Å²) in [5.74, 6) is -0.881. The average molecular weight is 438 g/mol. The van der Waals surface area contributed by atoms with Crippen LogP contribution in [0.4, 0.5) is 10.5 Å². The first-order chi connectivity index (χ1) is 13.4. The van der Waals surface area contributed by atoms with Gasteiger partial charge >= 0.3 is 5.97 Å². The van der Waals surface area contributed by atoms with Gasteiger partial charge in [-0.2, -0.15) is 0 Å². The van der Waals surface area contributed by atoms with Gasteiger partial charge in [-0.05, 0) is 47.7 Å². The van der Waals surface area contributed by atoms with Gasteiger partial charge in [-0.1, -0.05) is 41.4 Å². The molecule has 0 aliphatic carbocycles. The monoisotopic (exact) mass is 437 g/mol. The number of halogens is 2. The Hall–Kier alpha value is -2.48. The van der Waals surface area contributed by atoms with Crippen LogP contribution in [0.2, 0.25) is 10.0 Å². The van der Waals surface area contributed by atoms with Crippen LogP contribution in [0.1, 0.15) is 5.56 Å². The average Bonchev–Trinajstić information content (AvgIpc) is 2.94. The van der Waals surface area contributed by atoms with Crippen molar-refractivity contribution in [1.29, 1.82) is 0 Å². The van der Waals surface area contributed by atoms with Crippen molar-refractivity contribution in [2.45, 2.75) is 0 Å². The zero-order chi connectivity index (χ0) is 20.3. The lowest BCUT2D eigenvalue weighted by Gasteiger charge is -2.12. The number of ether oxygens (including phenoxy) is 2. The minimum absolute atomic E-state index is 0.128. The molecular formula is C19H13Cl2NO5S. The summed E-state index contributed by atoms with van der Waals surface area (Å²) in [5, 5.41) is -0.0763. The quantitative estimate of drug-likeness (QED) is 0.494. The number of nitrogens with zero attached hydrogens (tertiary/aromatic N) is 1. The number of methoxy groups -OCH3 is 1. The van der Waals surface area contributed by atoms with Crippen molar-refractivity contribution in [3.05, 3.63) is 63.0 Å². The summed E-state index contributed by atoms with van der Waals surface area (Å²) in [6.45, 7) is -0.342. The number of carbonyl (C=O) groups excluding carboxylic acids is 3. The number of esters is 1. The van der Waals surface area contributed by atoms with Crippen LogP contribution in [0.25, 0.3) is 6.08 Å².